The first-order chi connectivity index (χ1) is 14.2. The highest BCUT2D eigenvalue weighted by Gasteiger charge is 2.33. The fourth-order valence-electron chi connectivity index (χ4n) is 2.96. The zero-order valence-electron chi connectivity index (χ0n) is 17.4. The standard InChI is InChI=1S/C19H27IN4O5S/c1-5-10(2)16(20)21-11(3)17(26)22-12-6-7-24(8-14(12)29-4)19-23-13(9-25)15(30-19)18(27)28/h12,14,25H,5-9H2,1-4H3,(H,22,26)(H,27,28)/b16-10+,21-11?/t12?,14-/m0/s1. The van der Waals surface area contributed by atoms with Gasteiger partial charge >= 0.3 is 5.97 Å². The van der Waals surface area contributed by atoms with Crippen molar-refractivity contribution in [3.05, 3.63) is 19.8 Å². The normalized spacial score (nSPS) is 20.7. The summed E-state index contributed by atoms with van der Waals surface area (Å²) in [4.78, 5) is 34.5. The Balaban J connectivity index is 2.09. The van der Waals surface area contributed by atoms with Gasteiger partial charge in [-0.2, -0.15) is 0 Å². The number of thiazole rings is 1. The van der Waals surface area contributed by atoms with Gasteiger partial charge in [-0.1, -0.05) is 18.3 Å². The molecule has 2 heterocycles. The number of ether oxygens (including phenoxy) is 1. The van der Waals surface area contributed by atoms with Crippen LogP contribution in [0.1, 0.15) is 49.0 Å². The number of aromatic nitrogens is 1. The summed E-state index contributed by atoms with van der Waals surface area (Å²) in [6, 6.07) is -0.200. The van der Waals surface area contributed by atoms with Crippen molar-refractivity contribution in [3.8, 4) is 0 Å². The maximum atomic E-state index is 12.6. The van der Waals surface area contributed by atoms with E-state index in [0.29, 0.717) is 30.4 Å². The zero-order valence-corrected chi connectivity index (χ0v) is 20.4. The average molecular weight is 550 g/mol. The maximum absolute atomic E-state index is 12.6. The highest BCUT2D eigenvalue weighted by atomic mass is 127. The van der Waals surface area contributed by atoms with E-state index in [4.69, 9.17) is 4.74 Å². The number of carboxylic acid groups (broad SMARTS) is 1. The number of carbonyl (C=O) groups excluding carboxylic acids is 1. The molecule has 166 valence electrons. The predicted octanol–water partition coefficient (Wildman–Crippen LogP) is 2.58. The van der Waals surface area contributed by atoms with Crippen LogP contribution in [0.3, 0.4) is 0 Å². The molecule has 30 heavy (non-hydrogen) atoms. The average Bonchev–Trinajstić information content (AvgIpc) is 3.18. The summed E-state index contributed by atoms with van der Waals surface area (Å²) in [5.41, 5.74) is 1.67. The fourth-order valence-corrected chi connectivity index (χ4v) is 4.65. The second kappa shape index (κ2) is 11.2. The Hall–Kier alpha value is -1.57. The SMILES string of the molecule is CC/C(C)=C(\I)N=C(C)C(=O)NC1CCN(c2nc(CO)c(C(=O)O)s2)C[C@@H]1OC. The molecular formula is C19H27IN4O5S. The van der Waals surface area contributed by atoms with Crippen molar-refractivity contribution in [2.45, 2.75) is 52.4 Å². The summed E-state index contributed by atoms with van der Waals surface area (Å²) in [6.45, 7) is 6.31. The minimum Gasteiger partial charge on any atom is -0.477 e. The number of piperidine rings is 1. The number of halogens is 1. The Morgan fingerprint density at radius 2 is 2.13 bits per heavy atom. The van der Waals surface area contributed by atoms with E-state index in [1.165, 1.54) is 0 Å². The van der Waals surface area contributed by atoms with Crippen LogP contribution in [0.2, 0.25) is 0 Å². The van der Waals surface area contributed by atoms with Crippen molar-refractivity contribution < 1.29 is 24.5 Å². The quantitative estimate of drug-likeness (QED) is 0.258. The molecule has 1 aromatic rings. The molecule has 9 nitrogen and oxygen atoms in total. The summed E-state index contributed by atoms with van der Waals surface area (Å²) in [5.74, 6) is -1.34. The Labute approximate surface area is 193 Å². The number of rotatable bonds is 8. The van der Waals surface area contributed by atoms with Gasteiger partial charge in [0.05, 0.1) is 24.4 Å². The number of nitrogens with zero attached hydrogens (tertiary/aromatic N) is 3. The van der Waals surface area contributed by atoms with E-state index in [-0.39, 0.29) is 28.6 Å². The molecule has 1 aliphatic heterocycles. The van der Waals surface area contributed by atoms with Crippen molar-refractivity contribution >= 4 is 56.6 Å². The van der Waals surface area contributed by atoms with Crippen molar-refractivity contribution in [1.82, 2.24) is 10.3 Å². The van der Waals surface area contributed by atoms with E-state index in [1.807, 2.05) is 18.7 Å². The van der Waals surface area contributed by atoms with Gasteiger partial charge in [-0.3, -0.25) is 4.79 Å². The number of carbonyl (C=O) groups is 2. The highest BCUT2D eigenvalue weighted by molar-refractivity contribution is 14.1. The van der Waals surface area contributed by atoms with Gasteiger partial charge in [-0.25, -0.2) is 14.8 Å². The number of aliphatic imine (C=N–C) groups is 1. The number of aliphatic hydroxyl groups is 1. The summed E-state index contributed by atoms with van der Waals surface area (Å²) in [7, 11) is 1.58. The third-order valence-corrected chi connectivity index (χ3v) is 7.26. The highest BCUT2D eigenvalue weighted by Crippen LogP contribution is 2.29. The number of amides is 1. The lowest BCUT2D eigenvalue weighted by Crippen LogP contribution is -2.55. The number of hydrogen-bond acceptors (Lipinski definition) is 8. The maximum Gasteiger partial charge on any atom is 0.347 e. The molecule has 2 atom stereocenters. The molecule has 1 unspecified atom stereocenters. The van der Waals surface area contributed by atoms with E-state index in [1.54, 1.807) is 14.0 Å². The van der Waals surface area contributed by atoms with Gasteiger partial charge in [0.25, 0.3) is 5.91 Å². The van der Waals surface area contributed by atoms with E-state index >= 15 is 0 Å². The number of methoxy groups -OCH3 is 1. The number of carboxylic acids is 1. The molecule has 1 amide bonds. The van der Waals surface area contributed by atoms with Crippen molar-refractivity contribution in [1.29, 1.82) is 0 Å². The van der Waals surface area contributed by atoms with E-state index in [9.17, 15) is 19.8 Å². The molecule has 0 aromatic carbocycles. The number of hydrogen-bond donors (Lipinski definition) is 3. The second-order valence-corrected chi connectivity index (χ2v) is 8.95. The van der Waals surface area contributed by atoms with Crippen LogP contribution in [0.25, 0.3) is 0 Å². The number of aromatic carboxylic acids is 1. The Bertz CT molecular complexity index is 854. The molecule has 2 rings (SSSR count). The molecule has 1 fully saturated rings. The van der Waals surface area contributed by atoms with Crippen LogP contribution >= 0.6 is 33.9 Å². The number of anilines is 1. The summed E-state index contributed by atoms with van der Waals surface area (Å²) >= 11 is 3.17. The van der Waals surface area contributed by atoms with Crippen molar-refractivity contribution in [2.24, 2.45) is 4.99 Å². The van der Waals surface area contributed by atoms with E-state index in [2.05, 4.69) is 37.9 Å². The fraction of sp³-hybridized carbons (Fsp3) is 0.579. The number of nitrogens with one attached hydrogen (secondary N) is 1. The smallest absolute Gasteiger partial charge is 0.347 e. The lowest BCUT2D eigenvalue weighted by atomic mass is 10.0. The molecule has 0 aliphatic carbocycles. The molecule has 11 heteroatoms. The summed E-state index contributed by atoms with van der Waals surface area (Å²) < 4.78 is 6.41. The van der Waals surface area contributed by atoms with Gasteiger partial charge in [0.15, 0.2) is 5.13 Å². The van der Waals surface area contributed by atoms with Crippen LogP contribution < -0.4 is 10.2 Å². The number of allylic oxidation sites excluding steroid dienone is 1. The molecule has 1 aromatic heterocycles. The van der Waals surface area contributed by atoms with Crippen molar-refractivity contribution in [2.75, 3.05) is 25.1 Å². The minimum absolute atomic E-state index is 0.0359. The summed E-state index contributed by atoms with van der Waals surface area (Å²) in [6.07, 6.45) is 1.19. The molecule has 1 saturated heterocycles. The first-order valence-electron chi connectivity index (χ1n) is 9.54. The third-order valence-electron chi connectivity index (χ3n) is 4.96. The lowest BCUT2D eigenvalue weighted by Gasteiger charge is -2.37. The Kier molecular flexibility index (Phi) is 9.19. The molecule has 0 saturated carbocycles. The predicted molar refractivity (Wildman–Crippen MR) is 125 cm³/mol. The van der Waals surface area contributed by atoms with Gasteiger partial charge in [-0.05, 0) is 54.9 Å². The van der Waals surface area contributed by atoms with Crippen LogP contribution in [-0.2, 0) is 16.1 Å². The van der Waals surface area contributed by atoms with Crippen LogP contribution in [0, 0.1) is 0 Å². The monoisotopic (exact) mass is 550 g/mol. The van der Waals surface area contributed by atoms with Crippen LogP contribution in [0.5, 0.6) is 0 Å². The van der Waals surface area contributed by atoms with Crippen LogP contribution in [0.15, 0.2) is 14.3 Å². The lowest BCUT2D eigenvalue weighted by molar-refractivity contribution is -0.116. The van der Waals surface area contributed by atoms with E-state index in [0.717, 1.165) is 27.0 Å². The number of aliphatic hydroxyl groups excluding tert-OH is 1. The first kappa shape index (κ1) is 24.7. The molecular weight excluding hydrogens is 523 g/mol. The first-order valence-corrected chi connectivity index (χ1v) is 11.4. The largest absolute Gasteiger partial charge is 0.477 e. The Morgan fingerprint density at radius 3 is 2.67 bits per heavy atom. The third kappa shape index (κ3) is 5.99. The molecule has 0 radical (unpaired) electrons. The van der Waals surface area contributed by atoms with Gasteiger partial charge in [0.1, 0.15) is 14.3 Å². The van der Waals surface area contributed by atoms with Gasteiger partial charge in [0.2, 0.25) is 0 Å². The van der Waals surface area contributed by atoms with Gasteiger partial charge in [-0.15, -0.1) is 0 Å². The van der Waals surface area contributed by atoms with Crippen LogP contribution in [0.4, 0.5) is 5.13 Å². The molecule has 0 bridgehead atoms. The van der Waals surface area contributed by atoms with Crippen molar-refractivity contribution in [3.63, 3.8) is 0 Å². The van der Waals surface area contributed by atoms with Crippen LogP contribution in [-0.4, -0.2) is 65.1 Å². The topological polar surface area (TPSA) is 124 Å². The molecule has 3 N–H and O–H groups in total. The Morgan fingerprint density at radius 1 is 1.43 bits per heavy atom. The molecule has 0 spiro atoms. The summed E-state index contributed by atoms with van der Waals surface area (Å²) in [5, 5.41) is 22.1. The van der Waals surface area contributed by atoms with Gasteiger partial charge in [0, 0.05) is 20.2 Å². The molecule has 1 aliphatic rings. The van der Waals surface area contributed by atoms with Gasteiger partial charge < -0.3 is 25.2 Å². The zero-order chi connectivity index (χ0) is 22.4. The second-order valence-electron chi connectivity index (χ2n) is 6.95. The van der Waals surface area contributed by atoms with E-state index < -0.39 is 12.6 Å². The minimum atomic E-state index is -1.11.